The maximum absolute atomic E-state index is 12.7. The molecule has 0 heterocycles. The number of benzene rings is 4. The Hall–Kier alpha value is -4.58. The van der Waals surface area contributed by atoms with Gasteiger partial charge in [0, 0.05) is 11.1 Å². The molecule has 0 saturated heterocycles. The topological polar surface area (TPSA) is 82.9 Å². The van der Waals surface area contributed by atoms with E-state index in [1.807, 2.05) is 74.5 Å². The van der Waals surface area contributed by atoms with Crippen molar-refractivity contribution in [2.45, 2.75) is 25.9 Å². The van der Waals surface area contributed by atoms with Gasteiger partial charge in [-0.05, 0) is 61.4 Å². The molecule has 6 nitrogen and oxygen atoms in total. The highest BCUT2D eigenvalue weighted by Crippen LogP contribution is 2.22. The summed E-state index contributed by atoms with van der Waals surface area (Å²) < 4.78 is 0. The zero-order chi connectivity index (χ0) is 25.3. The van der Waals surface area contributed by atoms with Crippen LogP contribution in [0.25, 0.3) is 0 Å². The van der Waals surface area contributed by atoms with Crippen LogP contribution in [0.3, 0.4) is 0 Å². The second-order valence-electron chi connectivity index (χ2n) is 8.51. The van der Waals surface area contributed by atoms with Crippen molar-refractivity contribution in [3.05, 3.63) is 131 Å². The first-order chi connectivity index (χ1) is 17.5. The summed E-state index contributed by atoms with van der Waals surface area (Å²) in [5, 5.41) is 14.6. The van der Waals surface area contributed by atoms with Gasteiger partial charge in [-0.15, -0.1) is 0 Å². The smallest absolute Gasteiger partial charge is 0.251 e. The lowest BCUT2D eigenvalue weighted by Crippen LogP contribution is -2.26. The van der Waals surface area contributed by atoms with Crippen LogP contribution in [0.1, 0.15) is 57.8 Å². The zero-order valence-corrected chi connectivity index (χ0v) is 20.3. The number of carbonyl (C=O) groups is 2. The minimum atomic E-state index is -0.186. The van der Waals surface area contributed by atoms with E-state index in [9.17, 15) is 9.59 Å². The first-order valence-electron chi connectivity index (χ1n) is 11.8. The third-order valence-corrected chi connectivity index (χ3v) is 5.79. The molecule has 180 valence electrons. The van der Waals surface area contributed by atoms with Crippen LogP contribution in [0.15, 0.2) is 119 Å². The van der Waals surface area contributed by atoms with Crippen LogP contribution >= 0.6 is 0 Å². The van der Waals surface area contributed by atoms with Crippen molar-refractivity contribution in [3.8, 4) is 0 Å². The number of nitrogens with one attached hydrogen (secondary N) is 2. The minimum absolute atomic E-state index is 0.123. The number of carbonyl (C=O) groups excluding carboxylic acids is 2. The Morgan fingerprint density at radius 1 is 0.556 bits per heavy atom. The first kappa shape index (κ1) is 24.5. The van der Waals surface area contributed by atoms with Crippen molar-refractivity contribution in [1.29, 1.82) is 0 Å². The molecule has 4 rings (SSSR count). The summed E-state index contributed by atoms with van der Waals surface area (Å²) in [5.74, 6) is -0.371. The monoisotopic (exact) mass is 476 g/mol. The minimum Gasteiger partial charge on any atom is -0.346 e. The van der Waals surface area contributed by atoms with E-state index in [4.69, 9.17) is 0 Å². The van der Waals surface area contributed by atoms with Gasteiger partial charge in [0.15, 0.2) is 0 Å². The first-order valence-corrected chi connectivity index (χ1v) is 11.8. The lowest BCUT2D eigenvalue weighted by molar-refractivity contribution is 0.0931. The maximum Gasteiger partial charge on any atom is 0.251 e. The molecule has 2 N–H and O–H groups in total. The Labute approximate surface area is 211 Å². The molecular formula is C30H28N4O2. The van der Waals surface area contributed by atoms with Crippen LogP contribution in [0.5, 0.6) is 0 Å². The Morgan fingerprint density at radius 2 is 0.944 bits per heavy atom. The van der Waals surface area contributed by atoms with Gasteiger partial charge >= 0.3 is 0 Å². The highest BCUT2D eigenvalue weighted by molar-refractivity contribution is 5.95. The fourth-order valence-electron chi connectivity index (χ4n) is 3.74. The van der Waals surface area contributed by atoms with E-state index in [-0.39, 0.29) is 23.9 Å². The maximum atomic E-state index is 12.7. The average molecular weight is 477 g/mol. The molecule has 36 heavy (non-hydrogen) atoms. The molecule has 0 bridgehead atoms. The molecule has 2 atom stereocenters. The fourth-order valence-corrected chi connectivity index (χ4v) is 3.74. The molecule has 0 aliphatic heterocycles. The van der Waals surface area contributed by atoms with E-state index in [0.29, 0.717) is 22.5 Å². The molecule has 6 heteroatoms. The predicted molar refractivity (Wildman–Crippen MR) is 142 cm³/mol. The van der Waals surface area contributed by atoms with Crippen molar-refractivity contribution < 1.29 is 9.59 Å². The van der Waals surface area contributed by atoms with E-state index in [0.717, 1.165) is 11.1 Å². The molecule has 0 aliphatic rings. The van der Waals surface area contributed by atoms with Crippen LogP contribution in [0.4, 0.5) is 11.4 Å². The van der Waals surface area contributed by atoms with E-state index in [2.05, 4.69) is 20.9 Å². The van der Waals surface area contributed by atoms with Crippen molar-refractivity contribution in [3.63, 3.8) is 0 Å². The summed E-state index contributed by atoms with van der Waals surface area (Å²) in [6.07, 6.45) is 0. The van der Waals surface area contributed by atoms with Gasteiger partial charge in [-0.25, -0.2) is 0 Å². The molecule has 0 aromatic heterocycles. The van der Waals surface area contributed by atoms with Gasteiger partial charge in [-0.2, -0.15) is 10.2 Å². The molecule has 0 unspecified atom stereocenters. The van der Waals surface area contributed by atoms with Crippen LogP contribution in [0.2, 0.25) is 0 Å². The van der Waals surface area contributed by atoms with E-state index in [1.54, 1.807) is 48.5 Å². The lowest BCUT2D eigenvalue weighted by atomic mass is 10.1. The van der Waals surface area contributed by atoms with E-state index >= 15 is 0 Å². The van der Waals surface area contributed by atoms with Gasteiger partial charge < -0.3 is 10.6 Å². The normalized spacial score (nSPS) is 12.6. The third-order valence-electron chi connectivity index (χ3n) is 5.79. The van der Waals surface area contributed by atoms with Crippen molar-refractivity contribution in [2.75, 3.05) is 0 Å². The molecule has 2 amide bonds. The van der Waals surface area contributed by atoms with Gasteiger partial charge in [-0.1, -0.05) is 72.8 Å². The standard InChI is InChI=1S/C30H28N4O2/c1-21(23-11-5-3-6-12-23)31-29(35)25-15-9-17-27(19-25)33-34-28-18-10-16-26(20-28)30(36)32-22(2)24-13-7-4-8-14-24/h3-22H,1-2H3,(H,31,35)(H,32,36)/t21-,22-/m1/s1. The van der Waals surface area contributed by atoms with Crippen LogP contribution in [0, 0.1) is 0 Å². The highest BCUT2D eigenvalue weighted by Gasteiger charge is 2.13. The predicted octanol–water partition coefficient (Wildman–Crippen LogP) is 7.08. The summed E-state index contributed by atoms with van der Waals surface area (Å²) in [6.45, 7) is 3.89. The Balaban J connectivity index is 1.41. The molecule has 4 aromatic rings. The number of hydrogen-bond acceptors (Lipinski definition) is 4. The largest absolute Gasteiger partial charge is 0.346 e. The fraction of sp³-hybridized carbons (Fsp3) is 0.133. The Morgan fingerprint density at radius 3 is 1.33 bits per heavy atom. The second kappa shape index (κ2) is 11.7. The quantitative estimate of drug-likeness (QED) is 0.266. The summed E-state index contributed by atoms with van der Waals surface area (Å²) >= 11 is 0. The van der Waals surface area contributed by atoms with Gasteiger partial charge in [0.1, 0.15) is 0 Å². The number of nitrogens with zero attached hydrogens (tertiary/aromatic N) is 2. The average Bonchev–Trinajstić information content (AvgIpc) is 2.93. The number of amides is 2. The molecule has 0 fully saturated rings. The molecule has 0 radical (unpaired) electrons. The third kappa shape index (κ3) is 6.51. The number of azo groups is 1. The molecular weight excluding hydrogens is 448 g/mol. The van der Waals surface area contributed by atoms with Gasteiger partial charge in [0.25, 0.3) is 11.8 Å². The molecule has 4 aromatic carbocycles. The Kier molecular flexibility index (Phi) is 7.98. The number of hydrogen-bond donors (Lipinski definition) is 2. The van der Waals surface area contributed by atoms with E-state index in [1.165, 1.54) is 0 Å². The van der Waals surface area contributed by atoms with Gasteiger partial charge in [0.2, 0.25) is 0 Å². The lowest BCUT2D eigenvalue weighted by Gasteiger charge is -2.14. The van der Waals surface area contributed by atoms with Crippen LogP contribution in [-0.2, 0) is 0 Å². The summed E-state index contributed by atoms with van der Waals surface area (Å²) in [7, 11) is 0. The van der Waals surface area contributed by atoms with Crippen molar-refractivity contribution in [1.82, 2.24) is 10.6 Å². The summed E-state index contributed by atoms with van der Waals surface area (Å²) in [4.78, 5) is 25.5. The van der Waals surface area contributed by atoms with Crippen LogP contribution < -0.4 is 10.6 Å². The van der Waals surface area contributed by atoms with Gasteiger partial charge in [0.05, 0.1) is 23.5 Å². The Bertz CT molecular complexity index is 1250. The summed E-state index contributed by atoms with van der Waals surface area (Å²) in [6, 6.07) is 33.3. The molecule has 0 aliphatic carbocycles. The van der Waals surface area contributed by atoms with E-state index < -0.39 is 0 Å². The SMILES string of the molecule is C[C@@H](NC(=O)c1cccc(N=Nc2cccc(C(=O)N[C@H](C)c3ccccc3)c2)c1)c1ccccc1. The molecule has 0 spiro atoms. The van der Waals surface area contributed by atoms with Crippen molar-refractivity contribution >= 4 is 23.2 Å². The second-order valence-corrected chi connectivity index (χ2v) is 8.51. The highest BCUT2D eigenvalue weighted by atomic mass is 16.2. The van der Waals surface area contributed by atoms with Crippen LogP contribution in [-0.4, -0.2) is 11.8 Å². The number of rotatable bonds is 8. The molecule has 0 saturated carbocycles. The zero-order valence-electron chi connectivity index (χ0n) is 20.3. The van der Waals surface area contributed by atoms with Crippen molar-refractivity contribution in [2.24, 2.45) is 10.2 Å². The van der Waals surface area contributed by atoms with Gasteiger partial charge in [-0.3, -0.25) is 9.59 Å². The summed E-state index contributed by atoms with van der Waals surface area (Å²) in [5.41, 5.74) is 4.15.